The van der Waals surface area contributed by atoms with Gasteiger partial charge >= 0.3 is 5.76 Å². The zero-order chi connectivity index (χ0) is 19.4. The van der Waals surface area contributed by atoms with E-state index in [0.717, 1.165) is 29.0 Å². The summed E-state index contributed by atoms with van der Waals surface area (Å²) >= 11 is 0. The number of halogens is 2. The summed E-state index contributed by atoms with van der Waals surface area (Å²) in [6.07, 6.45) is 1.65. The lowest BCUT2D eigenvalue weighted by Gasteiger charge is -2.07. The summed E-state index contributed by atoms with van der Waals surface area (Å²) in [4.78, 5) is 11.6. The van der Waals surface area contributed by atoms with E-state index in [2.05, 4.69) is 15.5 Å². The van der Waals surface area contributed by atoms with Gasteiger partial charge in [-0.3, -0.25) is 9.89 Å². The van der Waals surface area contributed by atoms with Crippen molar-refractivity contribution in [3.05, 3.63) is 71.9 Å². The molecule has 27 heavy (non-hydrogen) atoms. The van der Waals surface area contributed by atoms with Crippen molar-refractivity contribution in [2.45, 2.75) is 17.2 Å². The Morgan fingerprint density at radius 2 is 1.70 bits per heavy atom. The van der Waals surface area contributed by atoms with Crippen molar-refractivity contribution in [1.29, 1.82) is 0 Å². The topological polar surface area (TPSA) is 91.9 Å². The van der Waals surface area contributed by atoms with E-state index in [4.69, 9.17) is 0 Å². The smallest absolute Gasteiger partial charge is 0.341 e. The highest BCUT2D eigenvalue weighted by atomic mass is 32.2. The van der Waals surface area contributed by atoms with Crippen LogP contribution in [0.5, 0.6) is 0 Å². The van der Waals surface area contributed by atoms with Crippen molar-refractivity contribution < 1.29 is 22.0 Å². The van der Waals surface area contributed by atoms with Crippen LogP contribution in [-0.4, -0.2) is 30.3 Å². The number of benzene rings is 2. The Bertz CT molecular complexity index is 1020. The van der Waals surface area contributed by atoms with E-state index < -0.39 is 26.4 Å². The number of alkyl halides is 2. The summed E-state index contributed by atoms with van der Waals surface area (Å²) in [5.41, 5.74) is 2.88. The second kappa shape index (κ2) is 7.67. The van der Waals surface area contributed by atoms with Crippen LogP contribution in [0.4, 0.5) is 8.78 Å². The van der Waals surface area contributed by atoms with Crippen molar-refractivity contribution >= 4 is 15.7 Å². The van der Waals surface area contributed by atoms with Gasteiger partial charge in [0.15, 0.2) is 0 Å². The summed E-state index contributed by atoms with van der Waals surface area (Å²) in [6.45, 7) is 0.263. The molecule has 0 aliphatic rings. The van der Waals surface area contributed by atoms with Crippen LogP contribution in [0.3, 0.4) is 0 Å². The molecule has 0 spiro atoms. The average Bonchev–Trinajstić information content (AvgIpc) is 3.21. The highest BCUT2D eigenvalue weighted by molar-refractivity contribution is 7.91. The second-order valence-corrected chi connectivity index (χ2v) is 7.60. The van der Waals surface area contributed by atoms with E-state index >= 15 is 0 Å². The van der Waals surface area contributed by atoms with Gasteiger partial charge in [-0.25, -0.2) is 8.42 Å². The number of aromatic nitrogens is 2. The van der Waals surface area contributed by atoms with Gasteiger partial charge in [0, 0.05) is 18.3 Å². The summed E-state index contributed by atoms with van der Waals surface area (Å²) in [5.74, 6) is -3.93. The Kier molecular flexibility index (Phi) is 5.31. The first-order valence-corrected chi connectivity index (χ1v) is 9.41. The van der Waals surface area contributed by atoms with Crippen molar-refractivity contribution in [3.63, 3.8) is 0 Å². The van der Waals surface area contributed by atoms with Gasteiger partial charge in [0.05, 0.1) is 10.6 Å². The Labute approximate surface area is 154 Å². The lowest BCUT2D eigenvalue weighted by Crippen LogP contribution is -2.22. The molecule has 0 aliphatic heterocycles. The summed E-state index contributed by atoms with van der Waals surface area (Å²) in [5, 5.41) is 9.43. The van der Waals surface area contributed by atoms with Gasteiger partial charge in [-0.2, -0.15) is 13.9 Å². The van der Waals surface area contributed by atoms with E-state index in [-0.39, 0.29) is 12.1 Å². The summed E-state index contributed by atoms with van der Waals surface area (Å²) in [7, 11) is -4.67. The van der Waals surface area contributed by atoms with Crippen LogP contribution in [0.25, 0.3) is 11.3 Å². The van der Waals surface area contributed by atoms with E-state index in [1.807, 2.05) is 30.3 Å². The number of amides is 1. The summed E-state index contributed by atoms with van der Waals surface area (Å²) < 4.78 is 47.8. The highest BCUT2D eigenvalue weighted by Gasteiger charge is 2.26. The molecule has 1 aromatic heterocycles. The maximum Gasteiger partial charge on any atom is 0.341 e. The molecule has 2 aromatic carbocycles. The molecule has 0 bridgehead atoms. The van der Waals surface area contributed by atoms with Crippen LogP contribution in [-0.2, 0) is 16.4 Å². The predicted molar refractivity (Wildman–Crippen MR) is 94.8 cm³/mol. The first-order chi connectivity index (χ1) is 12.9. The molecular weight excluding hydrogens is 376 g/mol. The van der Waals surface area contributed by atoms with Gasteiger partial charge < -0.3 is 5.32 Å². The highest BCUT2D eigenvalue weighted by Crippen LogP contribution is 2.19. The molecule has 1 amide bonds. The Morgan fingerprint density at radius 1 is 1.04 bits per heavy atom. The zero-order valence-electron chi connectivity index (χ0n) is 13.9. The fourth-order valence-corrected chi connectivity index (χ4v) is 3.12. The van der Waals surface area contributed by atoms with Crippen LogP contribution in [0, 0.1) is 0 Å². The van der Waals surface area contributed by atoms with Crippen molar-refractivity contribution in [2.24, 2.45) is 0 Å². The lowest BCUT2D eigenvalue weighted by atomic mass is 10.1. The van der Waals surface area contributed by atoms with E-state index in [0.29, 0.717) is 0 Å². The minimum Gasteiger partial charge on any atom is -0.348 e. The molecule has 140 valence electrons. The predicted octanol–water partition coefficient (Wildman–Crippen LogP) is 3.00. The van der Waals surface area contributed by atoms with Crippen molar-refractivity contribution in [2.75, 3.05) is 0 Å². The maximum atomic E-state index is 12.5. The first-order valence-electron chi connectivity index (χ1n) is 7.87. The number of hydrogen-bond donors (Lipinski definition) is 2. The van der Waals surface area contributed by atoms with E-state index in [9.17, 15) is 22.0 Å². The lowest BCUT2D eigenvalue weighted by molar-refractivity contribution is 0.0951. The van der Waals surface area contributed by atoms with Gasteiger partial charge in [0.25, 0.3) is 5.91 Å². The Balaban J connectivity index is 1.62. The fraction of sp³-hybridized carbons (Fsp3) is 0.111. The van der Waals surface area contributed by atoms with Gasteiger partial charge in [-0.15, -0.1) is 0 Å². The van der Waals surface area contributed by atoms with Crippen LogP contribution in [0.15, 0.2) is 65.7 Å². The molecule has 0 aliphatic carbocycles. The van der Waals surface area contributed by atoms with E-state index in [1.54, 1.807) is 6.20 Å². The minimum atomic E-state index is -4.67. The number of aromatic amines is 1. The molecule has 0 saturated heterocycles. The normalized spacial score (nSPS) is 11.5. The number of hydrogen-bond acceptors (Lipinski definition) is 4. The number of carbonyl (C=O) groups is 1. The quantitative estimate of drug-likeness (QED) is 0.676. The van der Waals surface area contributed by atoms with Crippen molar-refractivity contribution in [1.82, 2.24) is 15.5 Å². The molecular formula is C18H15F2N3O3S. The van der Waals surface area contributed by atoms with Gasteiger partial charge in [-0.1, -0.05) is 24.3 Å². The molecule has 0 unspecified atom stereocenters. The number of nitrogens with one attached hydrogen (secondary N) is 2. The maximum absolute atomic E-state index is 12.5. The molecule has 0 radical (unpaired) electrons. The number of H-pyrrole nitrogens is 1. The molecule has 6 nitrogen and oxygen atoms in total. The fourth-order valence-electron chi connectivity index (χ4n) is 2.40. The van der Waals surface area contributed by atoms with Gasteiger partial charge in [-0.05, 0) is 41.5 Å². The standard InChI is InChI=1S/C18H15F2N3O3S/c19-18(20)27(25,26)15-7-5-14(6-8-15)17(24)21-11-12-1-3-13(4-2-12)16-9-10-22-23-16/h1-10,18H,11H2,(H,21,24)(H,22,23). The molecule has 1 heterocycles. The Morgan fingerprint density at radius 3 is 2.26 bits per heavy atom. The first kappa shape index (κ1) is 18.7. The number of nitrogens with zero attached hydrogens (tertiary/aromatic N) is 1. The van der Waals surface area contributed by atoms with Crippen LogP contribution < -0.4 is 5.32 Å². The molecule has 0 atom stereocenters. The molecule has 9 heteroatoms. The molecule has 3 rings (SSSR count). The largest absolute Gasteiger partial charge is 0.348 e. The average molecular weight is 391 g/mol. The monoisotopic (exact) mass is 391 g/mol. The van der Waals surface area contributed by atoms with Gasteiger partial charge in [0.1, 0.15) is 0 Å². The molecule has 0 fully saturated rings. The molecule has 2 N–H and O–H groups in total. The molecule has 3 aromatic rings. The SMILES string of the molecule is O=C(NCc1ccc(-c2ccn[nH]2)cc1)c1ccc(S(=O)(=O)C(F)F)cc1. The third-order valence-corrected chi connectivity index (χ3v) is 5.30. The van der Waals surface area contributed by atoms with Crippen molar-refractivity contribution in [3.8, 4) is 11.3 Å². The minimum absolute atomic E-state index is 0.178. The molecule has 0 saturated carbocycles. The summed E-state index contributed by atoms with van der Waals surface area (Å²) in [6, 6.07) is 13.7. The Hall–Kier alpha value is -3.07. The third kappa shape index (κ3) is 4.20. The van der Waals surface area contributed by atoms with Crippen LogP contribution >= 0.6 is 0 Å². The van der Waals surface area contributed by atoms with E-state index in [1.165, 1.54) is 12.1 Å². The van der Waals surface area contributed by atoms with Gasteiger partial charge in [0.2, 0.25) is 9.84 Å². The number of carbonyl (C=O) groups excluding carboxylic acids is 1. The third-order valence-electron chi connectivity index (χ3n) is 3.90. The number of rotatable bonds is 6. The number of sulfone groups is 1. The zero-order valence-corrected chi connectivity index (χ0v) is 14.7. The van der Waals surface area contributed by atoms with Crippen LogP contribution in [0.2, 0.25) is 0 Å². The second-order valence-electron chi connectivity index (χ2n) is 5.68. The van der Waals surface area contributed by atoms with Crippen LogP contribution in [0.1, 0.15) is 15.9 Å².